The highest BCUT2D eigenvalue weighted by molar-refractivity contribution is 6.31. The van der Waals surface area contributed by atoms with Crippen LogP contribution < -0.4 is 14.8 Å². The number of morpholine rings is 1. The number of rotatable bonds is 8. The van der Waals surface area contributed by atoms with E-state index >= 15 is 0 Å². The highest BCUT2D eigenvalue weighted by Crippen LogP contribution is 2.35. The largest absolute Gasteiger partial charge is 0.493 e. The number of aromatic nitrogens is 2. The first kappa shape index (κ1) is 14.4. The van der Waals surface area contributed by atoms with Gasteiger partial charge < -0.3 is 19.5 Å². The number of halogens is 2. The van der Waals surface area contributed by atoms with Gasteiger partial charge in [0.1, 0.15) is 19.3 Å². The summed E-state index contributed by atoms with van der Waals surface area (Å²) in [5.41, 5.74) is 0.318. The van der Waals surface area contributed by atoms with Crippen molar-refractivity contribution >= 4 is 34.0 Å². The van der Waals surface area contributed by atoms with E-state index in [4.69, 9.17) is 35.4 Å². The van der Waals surface area contributed by atoms with Gasteiger partial charge in [-0.15, -0.1) is 0 Å². The minimum atomic E-state index is -2.13. The van der Waals surface area contributed by atoms with Crippen LogP contribution in [0.4, 0.5) is 15.9 Å². The van der Waals surface area contributed by atoms with E-state index in [2.05, 4.69) is 15.3 Å². The molecular formula is C22H24ClFN4O3. The maximum atomic E-state index is 13.6. The Balaban J connectivity index is 1.61. The molecule has 0 amide bonds. The van der Waals surface area contributed by atoms with E-state index in [1.165, 1.54) is 19.2 Å². The second-order valence-electron chi connectivity index (χ2n) is 6.57. The number of hydrogen-bond acceptors (Lipinski definition) is 7. The maximum absolute atomic E-state index is 13.6. The molecule has 1 aliphatic rings. The molecule has 9 heteroatoms. The van der Waals surface area contributed by atoms with Crippen molar-refractivity contribution in [1.29, 1.82) is 0 Å². The van der Waals surface area contributed by atoms with Gasteiger partial charge in [0.2, 0.25) is 0 Å². The molecule has 4 rings (SSSR count). The lowest BCUT2D eigenvalue weighted by atomic mass is 10.2. The predicted molar refractivity (Wildman–Crippen MR) is 118 cm³/mol. The third kappa shape index (κ3) is 5.33. The third-order valence-electron chi connectivity index (χ3n) is 4.45. The van der Waals surface area contributed by atoms with Crippen LogP contribution in [0.5, 0.6) is 11.5 Å². The maximum Gasteiger partial charge on any atom is 0.162 e. The molecule has 0 saturated carbocycles. The number of anilines is 2. The van der Waals surface area contributed by atoms with Gasteiger partial charge in [0.25, 0.3) is 0 Å². The second-order valence-corrected chi connectivity index (χ2v) is 6.97. The van der Waals surface area contributed by atoms with Gasteiger partial charge in [0.15, 0.2) is 11.5 Å². The molecule has 164 valence electrons. The van der Waals surface area contributed by atoms with Crippen LogP contribution in [0.25, 0.3) is 10.9 Å². The molecule has 2 aromatic carbocycles. The molecule has 1 aliphatic heterocycles. The molecule has 0 bridgehead atoms. The van der Waals surface area contributed by atoms with Gasteiger partial charge in [-0.2, -0.15) is 0 Å². The van der Waals surface area contributed by atoms with E-state index in [0.717, 1.165) is 6.07 Å². The zero-order valence-electron chi connectivity index (χ0n) is 23.6. The van der Waals surface area contributed by atoms with Crippen molar-refractivity contribution < 1.29 is 28.2 Å². The lowest BCUT2D eigenvalue weighted by molar-refractivity contribution is 0.0357. The van der Waals surface area contributed by atoms with Gasteiger partial charge in [-0.3, -0.25) is 4.90 Å². The van der Waals surface area contributed by atoms with Gasteiger partial charge in [-0.1, -0.05) is 11.6 Å². The second kappa shape index (κ2) is 10.1. The van der Waals surface area contributed by atoms with E-state index in [1.54, 1.807) is 4.90 Å². The van der Waals surface area contributed by atoms with E-state index in [1.807, 2.05) is 0 Å². The summed E-state index contributed by atoms with van der Waals surface area (Å²) in [7, 11) is 1.31. The standard InChI is InChI=1S/C22H24ClFN4O3/c1-29-20-13-19-16(12-21(20)31-8-2-5-28-6-9-30-10-7-28)22(26-14-25-19)27-15-3-4-18(24)17(23)11-15/h3-4,11-14H,2,5-10H2,1H3,(H,25,26,27)/i9D2,10D2,12D,13D,14D. The quantitative estimate of drug-likeness (QED) is 0.510. The summed E-state index contributed by atoms with van der Waals surface area (Å²) in [6.07, 6.45) is -0.0661. The summed E-state index contributed by atoms with van der Waals surface area (Å²) < 4.78 is 86.0. The normalized spacial score (nSPS) is 21.1. The van der Waals surface area contributed by atoms with Gasteiger partial charge in [0.05, 0.1) is 45.6 Å². The van der Waals surface area contributed by atoms with E-state index in [9.17, 15) is 4.39 Å². The number of hydrogen-bond donors (Lipinski definition) is 1. The predicted octanol–water partition coefficient (Wildman–Crippen LogP) is 4.28. The molecule has 31 heavy (non-hydrogen) atoms. The molecule has 0 aliphatic carbocycles. The summed E-state index contributed by atoms with van der Waals surface area (Å²) in [6, 6.07) is 3.44. The number of methoxy groups -OCH3 is 1. The van der Waals surface area contributed by atoms with E-state index in [-0.39, 0.29) is 65.0 Å². The summed E-state index contributed by atoms with van der Waals surface area (Å²) in [5.74, 6) is -0.716. The molecule has 1 aromatic heterocycles. The van der Waals surface area contributed by atoms with Crippen molar-refractivity contribution in [3.05, 3.63) is 47.4 Å². The fraction of sp³-hybridized carbons (Fsp3) is 0.364. The topological polar surface area (TPSA) is 68.7 Å². The van der Waals surface area contributed by atoms with Crippen LogP contribution in [-0.4, -0.2) is 61.3 Å². The molecule has 1 saturated heterocycles. The summed E-state index contributed by atoms with van der Waals surface area (Å²) >= 11 is 5.87. The molecule has 1 N–H and O–H groups in total. The van der Waals surface area contributed by atoms with Crippen molar-refractivity contribution in [3.8, 4) is 11.5 Å². The van der Waals surface area contributed by atoms with E-state index in [0.29, 0.717) is 18.7 Å². The van der Waals surface area contributed by atoms with Crippen LogP contribution in [0.15, 0.2) is 36.6 Å². The average molecular weight is 454 g/mol. The van der Waals surface area contributed by atoms with E-state index < -0.39 is 25.2 Å². The monoisotopic (exact) mass is 453 g/mol. The van der Waals surface area contributed by atoms with Crippen molar-refractivity contribution in [2.75, 3.05) is 51.8 Å². The Bertz CT molecular complexity index is 1350. The van der Waals surface area contributed by atoms with Crippen molar-refractivity contribution in [2.45, 2.75) is 6.42 Å². The Morgan fingerprint density at radius 2 is 2.13 bits per heavy atom. The fourth-order valence-electron chi connectivity index (χ4n) is 2.91. The lowest BCUT2D eigenvalue weighted by Gasteiger charge is -2.26. The number of ether oxygens (including phenoxy) is 3. The van der Waals surface area contributed by atoms with Crippen molar-refractivity contribution in [2.24, 2.45) is 0 Å². The number of benzene rings is 2. The van der Waals surface area contributed by atoms with Crippen LogP contribution >= 0.6 is 11.6 Å². The van der Waals surface area contributed by atoms with Gasteiger partial charge in [0, 0.05) is 36.8 Å². The summed E-state index contributed by atoms with van der Waals surface area (Å²) in [5, 5.41) is 2.84. The Labute approximate surface area is 194 Å². The Kier molecular flexibility index (Phi) is 4.68. The van der Waals surface area contributed by atoms with Crippen LogP contribution in [0.3, 0.4) is 0 Å². The van der Waals surface area contributed by atoms with Crippen LogP contribution in [0.2, 0.25) is 5.02 Å². The number of nitrogens with one attached hydrogen (secondary N) is 1. The minimum Gasteiger partial charge on any atom is -0.493 e. The van der Waals surface area contributed by atoms with Crippen LogP contribution in [0.1, 0.15) is 16.0 Å². The molecular weight excluding hydrogens is 423 g/mol. The van der Waals surface area contributed by atoms with Crippen LogP contribution in [0, 0.1) is 5.82 Å². The van der Waals surface area contributed by atoms with Crippen molar-refractivity contribution in [3.63, 3.8) is 0 Å². The smallest absolute Gasteiger partial charge is 0.162 e. The summed E-state index contributed by atoms with van der Waals surface area (Å²) in [6.45, 7) is -4.14. The zero-order valence-corrected chi connectivity index (χ0v) is 17.3. The summed E-state index contributed by atoms with van der Waals surface area (Å²) in [4.78, 5) is 9.64. The number of nitrogens with zero attached hydrogens (tertiary/aromatic N) is 3. The lowest BCUT2D eigenvalue weighted by Crippen LogP contribution is -2.37. The molecule has 1 fully saturated rings. The molecule has 7 nitrogen and oxygen atoms in total. The Hall–Kier alpha value is -2.68. The fourth-order valence-corrected chi connectivity index (χ4v) is 3.09. The van der Waals surface area contributed by atoms with Gasteiger partial charge in [-0.05, 0) is 30.7 Å². The Morgan fingerprint density at radius 1 is 1.29 bits per heavy atom. The third-order valence-corrected chi connectivity index (χ3v) is 4.74. The molecule has 0 radical (unpaired) electrons. The number of fused-ring (bicyclic) bond motifs is 1. The molecule has 0 unspecified atom stereocenters. The zero-order chi connectivity index (χ0) is 27.8. The van der Waals surface area contributed by atoms with Gasteiger partial charge >= 0.3 is 0 Å². The average Bonchev–Trinajstić information content (AvgIpc) is 2.80. The first-order valence-corrected chi connectivity index (χ1v) is 9.81. The minimum absolute atomic E-state index is 0.0199. The Morgan fingerprint density at radius 3 is 2.90 bits per heavy atom. The first-order valence-electron chi connectivity index (χ1n) is 12.9. The highest BCUT2D eigenvalue weighted by atomic mass is 35.5. The highest BCUT2D eigenvalue weighted by Gasteiger charge is 2.14. The van der Waals surface area contributed by atoms with Gasteiger partial charge in [-0.25, -0.2) is 14.4 Å². The van der Waals surface area contributed by atoms with Crippen molar-refractivity contribution in [1.82, 2.24) is 14.9 Å². The van der Waals surface area contributed by atoms with Crippen LogP contribution in [-0.2, 0) is 4.74 Å². The molecule has 2 heterocycles. The molecule has 0 spiro atoms. The molecule has 3 aromatic rings. The molecule has 0 atom stereocenters. The first-order chi connectivity index (χ1) is 17.8. The SMILES string of the molecule is [2H]c1nc(Nc2ccc(F)c(Cl)c2)c2c([2H])c(OCCCN3CC([2H])([2H])OC([2H])([2H])C3)c(OC)c([2H])c2n1.